The molecule has 0 spiro atoms. The number of carbonyl (C=O) groups excluding carboxylic acids is 2. The molecule has 0 aliphatic heterocycles. The van der Waals surface area contributed by atoms with Crippen LogP contribution in [0.1, 0.15) is 162 Å². The molecule has 0 fully saturated rings. The molecule has 326 valence electrons. The van der Waals surface area contributed by atoms with Gasteiger partial charge in [0, 0.05) is 12.8 Å². The van der Waals surface area contributed by atoms with Crippen LogP contribution in [0.4, 0.5) is 0 Å². The fourth-order valence-electron chi connectivity index (χ4n) is 5.32. The molecule has 0 aliphatic rings. The van der Waals surface area contributed by atoms with E-state index in [1.807, 2.05) is 0 Å². The standard InChI is InChI=1S/C45H76NO10P/c1-3-5-7-9-11-13-15-17-19-20-21-22-23-25-27-29-31-33-35-37-44(48)56-41(39-54-57(51,52)55-40-42(46)45(49)50)38-53-43(47)36-34-32-30-28-26-24-18-16-14-12-10-8-6-4-2/h5,7,11,13,16-19,21-22,25,27,41-42H,3-4,6,8-10,12,14-15,20,23-24,26,28-40,46H2,1-2H3,(H,49,50)(H,51,52)/b7-5-,13-11-,18-16-,19-17-,22-21-,27-25-. The van der Waals surface area contributed by atoms with Gasteiger partial charge in [-0.25, -0.2) is 4.57 Å². The van der Waals surface area contributed by atoms with Gasteiger partial charge >= 0.3 is 25.7 Å². The number of phosphoric ester groups is 1. The average Bonchev–Trinajstić information content (AvgIpc) is 3.19. The zero-order chi connectivity index (χ0) is 42.1. The summed E-state index contributed by atoms with van der Waals surface area (Å²) in [6.07, 6.45) is 46.8. The molecule has 12 heteroatoms. The van der Waals surface area contributed by atoms with Crippen LogP contribution in [-0.4, -0.2) is 59.9 Å². The van der Waals surface area contributed by atoms with E-state index < -0.39 is 51.1 Å². The van der Waals surface area contributed by atoms with Crippen molar-refractivity contribution in [3.05, 3.63) is 72.9 Å². The van der Waals surface area contributed by atoms with Gasteiger partial charge in [0.15, 0.2) is 6.10 Å². The maximum absolute atomic E-state index is 12.6. The molecular weight excluding hydrogens is 745 g/mol. The molecule has 0 aromatic carbocycles. The normalized spacial score (nSPS) is 14.5. The fourth-order valence-corrected chi connectivity index (χ4v) is 6.10. The summed E-state index contributed by atoms with van der Waals surface area (Å²) < 4.78 is 32.6. The number of carbonyl (C=O) groups is 3. The van der Waals surface area contributed by atoms with E-state index >= 15 is 0 Å². The minimum atomic E-state index is -4.73. The zero-order valence-corrected chi connectivity index (χ0v) is 36.0. The Bertz CT molecular complexity index is 1240. The van der Waals surface area contributed by atoms with Crippen molar-refractivity contribution in [2.24, 2.45) is 5.73 Å². The van der Waals surface area contributed by atoms with Crippen molar-refractivity contribution in [1.82, 2.24) is 0 Å². The van der Waals surface area contributed by atoms with Gasteiger partial charge < -0.3 is 25.2 Å². The molecule has 0 heterocycles. The van der Waals surface area contributed by atoms with Gasteiger partial charge in [0.05, 0.1) is 13.2 Å². The maximum Gasteiger partial charge on any atom is 0.472 e. The molecule has 0 aliphatic carbocycles. The van der Waals surface area contributed by atoms with Crippen molar-refractivity contribution in [2.45, 2.75) is 174 Å². The van der Waals surface area contributed by atoms with E-state index in [0.717, 1.165) is 89.9 Å². The lowest BCUT2D eigenvalue weighted by Gasteiger charge is -2.20. The van der Waals surface area contributed by atoms with Crippen LogP contribution in [0.3, 0.4) is 0 Å². The Hall–Kier alpha value is -3.08. The Balaban J connectivity index is 4.47. The topological polar surface area (TPSA) is 172 Å². The van der Waals surface area contributed by atoms with E-state index in [4.69, 9.17) is 24.8 Å². The van der Waals surface area contributed by atoms with Crippen molar-refractivity contribution in [2.75, 3.05) is 19.8 Å². The molecule has 11 nitrogen and oxygen atoms in total. The first kappa shape index (κ1) is 53.9. The number of rotatable bonds is 39. The predicted octanol–water partition coefficient (Wildman–Crippen LogP) is 11.3. The number of ether oxygens (including phenoxy) is 2. The molecule has 3 atom stereocenters. The minimum Gasteiger partial charge on any atom is -0.480 e. The number of hydrogen-bond acceptors (Lipinski definition) is 9. The lowest BCUT2D eigenvalue weighted by molar-refractivity contribution is -0.161. The Morgan fingerprint density at radius 1 is 0.561 bits per heavy atom. The Labute approximate surface area is 344 Å². The highest BCUT2D eigenvalue weighted by molar-refractivity contribution is 7.47. The highest BCUT2D eigenvalue weighted by Crippen LogP contribution is 2.43. The summed E-state index contributed by atoms with van der Waals surface area (Å²) in [5.74, 6) is -2.44. The van der Waals surface area contributed by atoms with Crippen molar-refractivity contribution < 1.29 is 47.5 Å². The van der Waals surface area contributed by atoms with Crippen LogP contribution < -0.4 is 5.73 Å². The molecule has 0 rings (SSSR count). The van der Waals surface area contributed by atoms with Gasteiger partial charge in [-0.1, -0.05) is 138 Å². The molecule has 0 saturated heterocycles. The summed E-state index contributed by atoms with van der Waals surface area (Å²) in [5, 5.41) is 8.88. The third-order valence-electron chi connectivity index (χ3n) is 8.69. The second-order valence-corrected chi connectivity index (χ2v) is 15.5. The summed E-state index contributed by atoms with van der Waals surface area (Å²) in [7, 11) is -4.73. The SMILES string of the molecule is CC/C=C\C/C=C\C/C=C\C/C=C\C/C=C\CCCCCC(=O)OC(COC(=O)CCCCCCC/C=C\CCCCCCC)COP(=O)(O)OCC(N)C(=O)O. The second kappa shape index (κ2) is 39.7. The maximum atomic E-state index is 12.6. The van der Waals surface area contributed by atoms with E-state index in [0.29, 0.717) is 12.8 Å². The number of phosphoric acid groups is 1. The number of carboxylic acid groups (broad SMARTS) is 1. The fraction of sp³-hybridized carbons (Fsp3) is 0.667. The molecule has 0 radical (unpaired) electrons. The van der Waals surface area contributed by atoms with Crippen LogP contribution in [0, 0.1) is 0 Å². The smallest absolute Gasteiger partial charge is 0.472 e. The number of carboxylic acids is 1. The van der Waals surface area contributed by atoms with Gasteiger partial charge in [-0.15, -0.1) is 0 Å². The first-order valence-corrected chi connectivity index (χ1v) is 23.0. The van der Waals surface area contributed by atoms with E-state index in [2.05, 4.69) is 91.3 Å². The van der Waals surface area contributed by atoms with Crippen LogP contribution in [-0.2, 0) is 37.5 Å². The van der Waals surface area contributed by atoms with Crippen molar-refractivity contribution in [3.63, 3.8) is 0 Å². The molecule has 0 aromatic heterocycles. The largest absolute Gasteiger partial charge is 0.480 e. The summed E-state index contributed by atoms with van der Waals surface area (Å²) in [6.45, 7) is 2.62. The molecular formula is C45H76NO10P. The lowest BCUT2D eigenvalue weighted by atomic mass is 10.1. The number of hydrogen-bond donors (Lipinski definition) is 3. The van der Waals surface area contributed by atoms with E-state index in [9.17, 15) is 23.8 Å². The number of allylic oxidation sites excluding steroid dienone is 12. The van der Waals surface area contributed by atoms with Crippen molar-refractivity contribution in [3.8, 4) is 0 Å². The quantitative estimate of drug-likeness (QED) is 0.0233. The molecule has 0 amide bonds. The molecule has 0 bridgehead atoms. The molecule has 0 aromatic rings. The lowest BCUT2D eigenvalue weighted by Crippen LogP contribution is -2.34. The minimum absolute atomic E-state index is 0.117. The van der Waals surface area contributed by atoms with Crippen LogP contribution in [0.15, 0.2) is 72.9 Å². The third-order valence-corrected chi connectivity index (χ3v) is 9.64. The van der Waals surface area contributed by atoms with Crippen molar-refractivity contribution >= 4 is 25.7 Å². The van der Waals surface area contributed by atoms with Gasteiger partial charge in [-0.3, -0.25) is 23.4 Å². The first-order chi connectivity index (χ1) is 27.6. The van der Waals surface area contributed by atoms with Gasteiger partial charge in [0.2, 0.25) is 0 Å². The van der Waals surface area contributed by atoms with E-state index in [-0.39, 0.29) is 19.4 Å². The monoisotopic (exact) mass is 822 g/mol. The second-order valence-electron chi connectivity index (χ2n) is 14.1. The van der Waals surface area contributed by atoms with Crippen LogP contribution in [0.5, 0.6) is 0 Å². The number of esters is 2. The Morgan fingerprint density at radius 2 is 0.982 bits per heavy atom. The molecule has 4 N–H and O–H groups in total. The summed E-state index contributed by atoms with van der Waals surface area (Å²) in [4.78, 5) is 45.9. The zero-order valence-electron chi connectivity index (χ0n) is 35.2. The van der Waals surface area contributed by atoms with Gasteiger partial charge in [-0.05, 0) is 83.5 Å². The van der Waals surface area contributed by atoms with Gasteiger partial charge in [0.1, 0.15) is 12.6 Å². The number of nitrogens with two attached hydrogens (primary N) is 1. The van der Waals surface area contributed by atoms with Crippen molar-refractivity contribution in [1.29, 1.82) is 0 Å². The molecule has 3 unspecified atom stereocenters. The Morgan fingerprint density at radius 3 is 1.51 bits per heavy atom. The number of unbranched alkanes of at least 4 members (excludes halogenated alkanes) is 13. The average molecular weight is 822 g/mol. The molecule has 57 heavy (non-hydrogen) atoms. The third kappa shape index (κ3) is 39.5. The van der Waals surface area contributed by atoms with E-state index in [1.54, 1.807) is 0 Å². The highest BCUT2D eigenvalue weighted by Gasteiger charge is 2.28. The van der Waals surface area contributed by atoms with Gasteiger partial charge in [0.25, 0.3) is 0 Å². The van der Waals surface area contributed by atoms with E-state index in [1.165, 1.54) is 32.1 Å². The highest BCUT2D eigenvalue weighted by atomic mass is 31.2. The van der Waals surface area contributed by atoms with Crippen LogP contribution in [0.2, 0.25) is 0 Å². The summed E-state index contributed by atoms with van der Waals surface area (Å²) >= 11 is 0. The van der Waals surface area contributed by atoms with Crippen LogP contribution in [0.25, 0.3) is 0 Å². The summed E-state index contributed by atoms with van der Waals surface area (Å²) in [6, 6.07) is -1.53. The first-order valence-electron chi connectivity index (χ1n) is 21.5. The number of aliphatic carboxylic acids is 1. The van der Waals surface area contributed by atoms with Crippen LogP contribution >= 0.6 is 7.82 Å². The predicted molar refractivity (Wildman–Crippen MR) is 231 cm³/mol. The Kier molecular flexibility index (Phi) is 37.6. The van der Waals surface area contributed by atoms with Gasteiger partial charge in [-0.2, -0.15) is 0 Å². The summed E-state index contributed by atoms with van der Waals surface area (Å²) in [5.41, 5.74) is 5.33. The molecule has 0 saturated carbocycles.